The first-order valence-electron chi connectivity index (χ1n) is 7.56. The lowest BCUT2D eigenvalue weighted by atomic mass is 10.0. The zero-order chi connectivity index (χ0) is 18.2. The summed E-state index contributed by atoms with van der Waals surface area (Å²) in [7, 11) is -0.776. The summed E-state index contributed by atoms with van der Waals surface area (Å²) < 4.78 is 41.5. The molecule has 10 heteroatoms. The summed E-state index contributed by atoms with van der Waals surface area (Å²) in [6.45, 7) is 0.371. The average Bonchev–Trinajstić information content (AvgIpc) is 2.88. The molecule has 0 saturated carbocycles. The second kappa shape index (κ2) is 6.52. The van der Waals surface area contributed by atoms with E-state index in [-0.39, 0.29) is 37.1 Å². The van der Waals surface area contributed by atoms with Crippen LogP contribution < -0.4 is 9.47 Å². The van der Waals surface area contributed by atoms with Gasteiger partial charge in [-0.25, -0.2) is 18.1 Å². The van der Waals surface area contributed by atoms with Crippen molar-refractivity contribution in [2.45, 2.75) is 4.90 Å². The van der Waals surface area contributed by atoms with E-state index in [1.165, 1.54) is 36.7 Å². The number of rotatable bonds is 6. The Hall–Kier alpha value is -2.33. The molecule has 0 aromatic heterocycles. The van der Waals surface area contributed by atoms with Gasteiger partial charge in [-0.1, -0.05) is 0 Å². The highest BCUT2D eigenvalue weighted by molar-refractivity contribution is 7.89. The van der Waals surface area contributed by atoms with Gasteiger partial charge in [0.1, 0.15) is 0 Å². The molecule has 2 saturated heterocycles. The molecule has 0 radical (unpaired) electrons. The van der Waals surface area contributed by atoms with E-state index in [1.54, 1.807) is 0 Å². The molecule has 3 rings (SSSR count). The third kappa shape index (κ3) is 3.14. The molecule has 2 heterocycles. The van der Waals surface area contributed by atoms with Crippen molar-refractivity contribution in [2.75, 3.05) is 40.5 Å². The normalized spacial score (nSPS) is 18.9. The van der Waals surface area contributed by atoms with E-state index in [9.17, 15) is 18.0 Å². The van der Waals surface area contributed by atoms with Gasteiger partial charge in [-0.2, -0.15) is 4.31 Å². The molecule has 0 spiro atoms. The number of benzene rings is 1. The number of methoxy groups -OCH3 is 2. The van der Waals surface area contributed by atoms with Crippen LogP contribution in [0.2, 0.25) is 0 Å². The molecule has 0 unspecified atom stereocenters. The number of imide groups is 1. The summed E-state index contributed by atoms with van der Waals surface area (Å²) in [4.78, 5) is 24.0. The Morgan fingerprint density at radius 1 is 1.16 bits per heavy atom. The van der Waals surface area contributed by atoms with E-state index in [2.05, 4.69) is 4.74 Å². The quantitative estimate of drug-likeness (QED) is 0.710. The summed E-state index contributed by atoms with van der Waals surface area (Å²) >= 11 is 0. The van der Waals surface area contributed by atoms with Crippen LogP contribution in [0.5, 0.6) is 11.5 Å². The number of carbonyl (C=O) groups is 2. The number of cyclic esters (lactones) is 1. The van der Waals surface area contributed by atoms with Gasteiger partial charge in [-0.05, 0) is 12.1 Å². The molecule has 0 aliphatic carbocycles. The van der Waals surface area contributed by atoms with Crippen molar-refractivity contribution in [3.05, 3.63) is 18.2 Å². The van der Waals surface area contributed by atoms with Crippen LogP contribution in [0, 0.1) is 5.92 Å². The second-order valence-corrected chi connectivity index (χ2v) is 7.70. The Morgan fingerprint density at radius 3 is 2.40 bits per heavy atom. The molecule has 0 atom stereocenters. The Labute approximate surface area is 145 Å². The third-order valence-corrected chi connectivity index (χ3v) is 6.03. The van der Waals surface area contributed by atoms with Gasteiger partial charge in [-0.3, -0.25) is 4.79 Å². The Kier molecular flexibility index (Phi) is 4.56. The van der Waals surface area contributed by atoms with E-state index < -0.39 is 22.0 Å². The molecule has 2 fully saturated rings. The predicted molar refractivity (Wildman–Crippen MR) is 84.9 cm³/mol. The highest BCUT2D eigenvalue weighted by Crippen LogP contribution is 2.33. The Bertz CT molecular complexity index is 786. The van der Waals surface area contributed by atoms with Crippen LogP contribution in [0.3, 0.4) is 0 Å². The van der Waals surface area contributed by atoms with Crippen LogP contribution in [0.15, 0.2) is 23.1 Å². The summed E-state index contributed by atoms with van der Waals surface area (Å²) in [5, 5.41) is 0. The molecule has 2 aliphatic rings. The SMILES string of the molecule is COc1ccc(S(=O)(=O)N2CC(CN3C(=O)COC3=O)C2)cc1OC. The molecule has 1 aromatic carbocycles. The molecule has 1 aromatic rings. The van der Waals surface area contributed by atoms with Crippen molar-refractivity contribution < 1.29 is 32.2 Å². The van der Waals surface area contributed by atoms with Gasteiger partial charge in [0.15, 0.2) is 18.1 Å². The van der Waals surface area contributed by atoms with Crippen LogP contribution in [-0.2, 0) is 19.6 Å². The third-order valence-electron chi connectivity index (χ3n) is 4.20. The molecular formula is C15H18N2O7S. The van der Waals surface area contributed by atoms with Crippen molar-refractivity contribution >= 4 is 22.0 Å². The smallest absolute Gasteiger partial charge is 0.417 e. The molecule has 2 amide bonds. The van der Waals surface area contributed by atoms with E-state index in [0.717, 1.165) is 4.90 Å². The highest BCUT2D eigenvalue weighted by atomic mass is 32.2. The first kappa shape index (κ1) is 17.5. The molecular weight excluding hydrogens is 352 g/mol. The fraction of sp³-hybridized carbons (Fsp3) is 0.467. The fourth-order valence-corrected chi connectivity index (χ4v) is 4.38. The lowest BCUT2D eigenvalue weighted by Gasteiger charge is -2.39. The molecule has 136 valence electrons. The number of hydrogen-bond acceptors (Lipinski definition) is 7. The van der Waals surface area contributed by atoms with Crippen LogP contribution in [-0.4, -0.2) is 70.1 Å². The zero-order valence-electron chi connectivity index (χ0n) is 13.8. The number of carbonyl (C=O) groups excluding carboxylic acids is 2. The predicted octanol–water partition coefficient (Wildman–Crippen LogP) is 0.303. The van der Waals surface area contributed by atoms with Gasteiger partial charge >= 0.3 is 6.09 Å². The lowest BCUT2D eigenvalue weighted by molar-refractivity contribution is -0.126. The fourth-order valence-electron chi connectivity index (χ4n) is 2.78. The topological polar surface area (TPSA) is 102 Å². The van der Waals surface area contributed by atoms with Crippen LogP contribution in [0.1, 0.15) is 0 Å². The lowest BCUT2D eigenvalue weighted by Crippen LogP contribution is -2.54. The maximum Gasteiger partial charge on any atom is 0.417 e. The minimum atomic E-state index is -3.68. The number of ether oxygens (including phenoxy) is 3. The van der Waals surface area contributed by atoms with Crippen LogP contribution in [0.25, 0.3) is 0 Å². The highest BCUT2D eigenvalue weighted by Gasteiger charge is 2.41. The van der Waals surface area contributed by atoms with Crippen molar-refractivity contribution in [3.8, 4) is 11.5 Å². The maximum absolute atomic E-state index is 12.7. The summed E-state index contributed by atoms with van der Waals surface area (Å²) in [5.74, 6) is 0.260. The van der Waals surface area contributed by atoms with Gasteiger partial charge in [0.2, 0.25) is 10.0 Å². The van der Waals surface area contributed by atoms with Crippen molar-refractivity contribution in [2.24, 2.45) is 5.92 Å². The van der Waals surface area contributed by atoms with Gasteiger partial charge in [0.25, 0.3) is 5.91 Å². The molecule has 0 bridgehead atoms. The van der Waals surface area contributed by atoms with Crippen molar-refractivity contribution in [1.29, 1.82) is 0 Å². The van der Waals surface area contributed by atoms with Crippen molar-refractivity contribution in [1.82, 2.24) is 9.21 Å². The number of sulfonamides is 1. The van der Waals surface area contributed by atoms with E-state index in [1.807, 2.05) is 0 Å². The monoisotopic (exact) mass is 370 g/mol. The second-order valence-electron chi connectivity index (χ2n) is 5.76. The molecule has 9 nitrogen and oxygen atoms in total. The van der Waals surface area contributed by atoms with Gasteiger partial charge < -0.3 is 14.2 Å². The minimum absolute atomic E-state index is 0.0975. The van der Waals surface area contributed by atoms with E-state index in [4.69, 9.17) is 9.47 Å². The standard InChI is InChI=1S/C15H18N2O7S/c1-22-12-4-3-11(5-13(12)23-2)25(20,21)16-6-10(7-16)8-17-14(18)9-24-15(17)19/h3-5,10H,6-9H2,1-2H3. The van der Waals surface area contributed by atoms with Gasteiger partial charge in [-0.15, -0.1) is 0 Å². The van der Waals surface area contributed by atoms with Crippen molar-refractivity contribution in [3.63, 3.8) is 0 Å². The van der Waals surface area contributed by atoms with E-state index in [0.29, 0.717) is 11.5 Å². The number of nitrogens with zero attached hydrogens (tertiary/aromatic N) is 2. The first-order valence-corrected chi connectivity index (χ1v) is 9.00. The first-order chi connectivity index (χ1) is 11.9. The van der Waals surface area contributed by atoms with Gasteiger partial charge in [0.05, 0.1) is 19.1 Å². The van der Waals surface area contributed by atoms with E-state index >= 15 is 0 Å². The molecule has 2 aliphatic heterocycles. The number of amides is 2. The van der Waals surface area contributed by atoms with Crippen LogP contribution in [0.4, 0.5) is 4.79 Å². The summed E-state index contributed by atoms with van der Waals surface area (Å²) in [5.41, 5.74) is 0. The van der Waals surface area contributed by atoms with Gasteiger partial charge in [0, 0.05) is 31.6 Å². The summed E-state index contributed by atoms with van der Waals surface area (Å²) in [6.07, 6.45) is -0.675. The summed E-state index contributed by atoms with van der Waals surface area (Å²) in [6, 6.07) is 4.39. The Morgan fingerprint density at radius 2 is 1.84 bits per heavy atom. The minimum Gasteiger partial charge on any atom is -0.493 e. The maximum atomic E-state index is 12.7. The zero-order valence-corrected chi connectivity index (χ0v) is 14.6. The largest absolute Gasteiger partial charge is 0.493 e. The molecule has 25 heavy (non-hydrogen) atoms. The number of hydrogen-bond donors (Lipinski definition) is 0. The Balaban J connectivity index is 1.67. The average molecular weight is 370 g/mol. The van der Waals surface area contributed by atoms with Crippen LogP contribution >= 0.6 is 0 Å². The molecule has 0 N–H and O–H groups in total.